The third-order valence-electron chi connectivity index (χ3n) is 4.51. The Morgan fingerprint density at radius 1 is 1.33 bits per heavy atom. The molecular formula is C18H23F3N2O. The summed E-state index contributed by atoms with van der Waals surface area (Å²) in [6.45, 7) is 7.09. The van der Waals surface area contributed by atoms with Crippen LogP contribution in [0.2, 0.25) is 0 Å². The van der Waals surface area contributed by atoms with Gasteiger partial charge < -0.3 is 5.32 Å². The van der Waals surface area contributed by atoms with Crippen LogP contribution in [0.15, 0.2) is 36.9 Å². The second-order valence-corrected chi connectivity index (χ2v) is 6.07. The van der Waals surface area contributed by atoms with Gasteiger partial charge in [0, 0.05) is 25.2 Å². The molecule has 1 unspecified atom stereocenters. The summed E-state index contributed by atoms with van der Waals surface area (Å²) in [6, 6.07) is 5.68. The summed E-state index contributed by atoms with van der Waals surface area (Å²) in [5.41, 5.74) is 0.283. The van der Waals surface area contributed by atoms with E-state index in [1.807, 2.05) is 6.92 Å². The predicted molar refractivity (Wildman–Crippen MR) is 87.4 cm³/mol. The van der Waals surface area contributed by atoms with Crippen LogP contribution in [0, 0.1) is 0 Å². The first kappa shape index (κ1) is 18.5. The van der Waals surface area contributed by atoms with E-state index in [1.165, 1.54) is 6.08 Å². The number of carbonyl (C=O) groups is 1. The number of alkyl halides is 3. The molecular weight excluding hydrogens is 317 g/mol. The largest absolute Gasteiger partial charge is 0.416 e. The lowest BCUT2D eigenvalue weighted by Gasteiger charge is -2.37. The molecule has 1 aromatic carbocycles. The zero-order valence-electron chi connectivity index (χ0n) is 13.8. The molecule has 1 amide bonds. The number of halogens is 3. The highest BCUT2D eigenvalue weighted by Gasteiger charge is 2.31. The first-order valence-electron chi connectivity index (χ1n) is 8.19. The first-order chi connectivity index (χ1) is 11.3. The smallest absolute Gasteiger partial charge is 0.350 e. The molecule has 0 spiro atoms. The predicted octanol–water partition coefficient (Wildman–Crippen LogP) is 3.92. The van der Waals surface area contributed by atoms with Gasteiger partial charge in [0.05, 0.1) is 5.56 Å². The normalized spacial score (nSPS) is 18.2. The number of nitrogens with one attached hydrogen (secondary N) is 1. The molecule has 0 bridgehead atoms. The van der Waals surface area contributed by atoms with Crippen molar-refractivity contribution < 1.29 is 18.0 Å². The molecule has 1 heterocycles. The molecule has 0 aliphatic carbocycles. The third-order valence-corrected chi connectivity index (χ3v) is 4.51. The molecule has 132 valence electrons. The Morgan fingerprint density at radius 2 is 1.92 bits per heavy atom. The quantitative estimate of drug-likeness (QED) is 0.824. The van der Waals surface area contributed by atoms with Gasteiger partial charge in [0.2, 0.25) is 5.91 Å². The van der Waals surface area contributed by atoms with Crippen molar-refractivity contribution in [2.45, 2.75) is 44.4 Å². The van der Waals surface area contributed by atoms with E-state index in [9.17, 15) is 18.0 Å². The van der Waals surface area contributed by atoms with E-state index in [0.717, 1.165) is 50.0 Å². The molecule has 1 fully saturated rings. The van der Waals surface area contributed by atoms with E-state index >= 15 is 0 Å². The molecule has 0 saturated carbocycles. The molecule has 1 aromatic rings. The number of carbonyl (C=O) groups excluding carboxylic acids is 1. The van der Waals surface area contributed by atoms with Gasteiger partial charge >= 0.3 is 6.18 Å². The fraction of sp³-hybridized carbons (Fsp3) is 0.500. The topological polar surface area (TPSA) is 32.3 Å². The van der Waals surface area contributed by atoms with Crippen molar-refractivity contribution in [2.24, 2.45) is 0 Å². The Morgan fingerprint density at radius 3 is 2.38 bits per heavy atom. The highest BCUT2D eigenvalue weighted by atomic mass is 19.4. The van der Waals surface area contributed by atoms with Gasteiger partial charge in [-0.15, -0.1) is 0 Å². The van der Waals surface area contributed by atoms with Crippen molar-refractivity contribution in [3.63, 3.8) is 0 Å². The van der Waals surface area contributed by atoms with E-state index in [1.54, 1.807) is 12.1 Å². The second kappa shape index (κ2) is 7.83. The Balaban J connectivity index is 2.00. The van der Waals surface area contributed by atoms with Gasteiger partial charge in [-0.25, -0.2) is 0 Å². The van der Waals surface area contributed by atoms with Crippen LogP contribution < -0.4 is 5.32 Å². The maximum Gasteiger partial charge on any atom is 0.416 e. The zero-order valence-corrected chi connectivity index (χ0v) is 13.8. The summed E-state index contributed by atoms with van der Waals surface area (Å²) >= 11 is 0. The highest BCUT2D eigenvalue weighted by molar-refractivity contribution is 5.87. The van der Waals surface area contributed by atoms with Crippen LogP contribution in [0.4, 0.5) is 13.2 Å². The molecule has 0 radical (unpaired) electrons. The fourth-order valence-corrected chi connectivity index (χ4v) is 3.21. The van der Waals surface area contributed by atoms with Crippen LogP contribution in [0.25, 0.3) is 0 Å². The van der Waals surface area contributed by atoms with E-state index in [-0.39, 0.29) is 18.0 Å². The molecule has 1 atom stereocenters. The lowest BCUT2D eigenvalue weighted by Crippen LogP contribution is -2.45. The second-order valence-electron chi connectivity index (χ2n) is 6.07. The molecule has 1 N–H and O–H groups in total. The van der Waals surface area contributed by atoms with Crippen molar-refractivity contribution in [3.05, 3.63) is 48.0 Å². The Labute approximate surface area is 140 Å². The van der Waals surface area contributed by atoms with E-state index in [0.29, 0.717) is 0 Å². The van der Waals surface area contributed by atoms with Gasteiger partial charge in [0.1, 0.15) is 0 Å². The van der Waals surface area contributed by atoms with Crippen molar-refractivity contribution in [1.29, 1.82) is 0 Å². The summed E-state index contributed by atoms with van der Waals surface area (Å²) in [7, 11) is 0. The van der Waals surface area contributed by atoms with E-state index < -0.39 is 11.7 Å². The average Bonchev–Trinajstić information content (AvgIpc) is 2.56. The maximum atomic E-state index is 12.7. The molecule has 2 rings (SSSR count). The summed E-state index contributed by atoms with van der Waals surface area (Å²) in [4.78, 5) is 13.6. The third kappa shape index (κ3) is 4.60. The molecule has 3 nitrogen and oxygen atoms in total. The number of piperidine rings is 1. The minimum atomic E-state index is -4.30. The minimum absolute atomic E-state index is 0.100. The van der Waals surface area contributed by atoms with Crippen LogP contribution in [-0.2, 0) is 11.0 Å². The van der Waals surface area contributed by atoms with Crippen LogP contribution in [0.1, 0.15) is 43.4 Å². The number of hydrogen-bond donors (Lipinski definition) is 1. The Bertz CT molecular complexity index is 561. The zero-order chi connectivity index (χ0) is 17.7. The lowest BCUT2D eigenvalue weighted by atomic mass is 9.97. The molecule has 24 heavy (non-hydrogen) atoms. The van der Waals surface area contributed by atoms with Gasteiger partial charge in [-0.2, -0.15) is 13.2 Å². The Hall–Kier alpha value is -1.82. The molecule has 0 aromatic heterocycles. The van der Waals surface area contributed by atoms with E-state index in [2.05, 4.69) is 16.8 Å². The number of amides is 1. The Kier molecular flexibility index (Phi) is 6.04. The fourth-order valence-electron chi connectivity index (χ4n) is 3.21. The molecule has 6 heteroatoms. The van der Waals surface area contributed by atoms with Gasteiger partial charge in [-0.1, -0.05) is 25.6 Å². The number of rotatable bonds is 5. The van der Waals surface area contributed by atoms with Gasteiger partial charge in [-0.3, -0.25) is 9.69 Å². The van der Waals surface area contributed by atoms with Gasteiger partial charge in [0.15, 0.2) is 0 Å². The number of likely N-dealkylation sites (tertiary alicyclic amines) is 1. The van der Waals surface area contributed by atoms with Crippen LogP contribution in [-0.4, -0.2) is 29.9 Å². The monoisotopic (exact) mass is 340 g/mol. The summed E-state index contributed by atoms with van der Waals surface area (Å²) in [5, 5.41) is 2.90. The number of hydrogen-bond acceptors (Lipinski definition) is 2. The number of benzene rings is 1. The number of nitrogens with zero attached hydrogens (tertiary/aromatic N) is 1. The minimum Gasteiger partial charge on any atom is -0.350 e. The lowest BCUT2D eigenvalue weighted by molar-refractivity contribution is -0.137. The van der Waals surface area contributed by atoms with Crippen molar-refractivity contribution in [3.8, 4) is 0 Å². The molecule has 1 aliphatic heterocycles. The first-order valence-corrected chi connectivity index (χ1v) is 8.19. The molecule has 1 saturated heterocycles. The van der Waals surface area contributed by atoms with Crippen molar-refractivity contribution >= 4 is 5.91 Å². The van der Waals surface area contributed by atoms with Crippen LogP contribution in [0.5, 0.6) is 0 Å². The molecule has 1 aliphatic rings. The summed E-state index contributed by atoms with van der Waals surface area (Å²) in [5.74, 6) is -0.164. The summed E-state index contributed by atoms with van der Waals surface area (Å²) in [6.07, 6.45) is -0.548. The highest BCUT2D eigenvalue weighted by Crippen LogP contribution is 2.32. The van der Waals surface area contributed by atoms with Crippen LogP contribution in [0.3, 0.4) is 0 Å². The standard InChI is InChI=1S/C18H23F3N2O/c1-3-16(13-5-7-14(8-6-13)18(19,20)21)23-11-9-15(10-12-23)22-17(24)4-2/h4-8,15-16H,2-3,9-12H2,1H3,(H,22,24). The van der Waals surface area contributed by atoms with Crippen molar-refractivity contribution in [2.75, 3.05) is 13.1 Å². The maximum absolute atomic E-state index is 12.7. The van der Waals surface area contributed by atoms with Gasteiger partial charge in [0.25, 0.3) is 0 Å². The van der Waals surface area contributed by atoms with Crippen molar-refractivity contribution in [1.82, 2.24) is 10.2 Å². The van der Waals surface area contributed by atoms with Crippen LogP contribution >= 0.6 is 0 Å². The van der Waals surface area contributed by atoms with Gasteiger partial charge in [-0.05, 0) is 43.0 Å². The van der Waals surface area contributed by atoms with E-state index in [4.69, 9.17) is 0 Å². The average molecular weight is 340 g/mol. The SMILES string of the molecule is C=CC(=O)NC1CCN(C(CC)c2ccc(C(F)(F)F)cc2)CC1. The summed E-state index contributed by atoms with van der Waals surface area (Å²) < 4.78 is 38.0.